The summed E-state index contributed by atoms with van der Waals surface area (Å²) in [6.45, 7) is 0.00240. The van der Waals surface area contributed by atoms with Gasteiger partial charge in [0.1, 0.15) is 10.8 Å². The van der Waals surface area contributed by atoms with Crippen LogP contribution in [0.15, 0.2) is 48.5 Å². The smallest absolute Gasteiger partial charge is 0.261 e. The molecule has 2 heterocycles. The number of carbonyl (C=O) groups is 3. The maximum absolute atomic E-state index is 12.4. The van der Waals surface area contributed by atoms with Crippen LogP contribution in [0.5, 0.6) is 5.75 Å². The lowest BCUT2D eigenvalue weighted by atomic mass is 10.1. The Kier molecular flexibility index (Phi) is 4.58. The van der Waals surface area contributed by atoms with Gasteiger partial charge in [0, 0.05) is 5.56 Å². The van der Waals surface area contributed by atoms with Gasteiger partial charge in [-0.1, -0.05) is 23.5 Å². The second kappa shape index (κ2) is 7.20. The number of ether oxygens (including phenoxy) is 1. The number of benzene rings is 2. The van der Waals surface area contributed by atoms with Crippen LogP contribution in [0.25, 0.3) is 0 Å². The Morgan fingerprint density at radius 1 is 1.04 bits per heavy atom. The van der Waals surface area contributed by atoms with Crippen LogP contribution >= 0.6 is 11.3 Å². The zero-order valence-electron chi connectivity index (χ0n) is 14.7. The zero-order valence-corrected chi connectivity index (χ0v) is 15.5. The third kappa shape index (κ3) is 3.23. The summed E-state index contributed by atoms with van der Waals surface area (Å²) in [5.74, 6) is -0.416. The Balaban J connectivity index is 1.44. The summed E-state index contributed by atoms with van der Waals surface area (Å²) in [6, 6.07) is 13.3. The molecule has 140 valence electrons. The van der Waals surface area contributed by atoms with Gasteiger partial charge in [-0.2, -0.15) is 0 Å². The number of anilines is 1. The second-order valence-electron chi connectivity index (χ2n) is 5.93. The molecule has 0 spiro atoms. The SMILES string of the molecule is COc1ccc(C(=O)Nc2nnc(CN3C(=O)c4ccccc4C3=O)s2)cc1. The highest BCUT2D eigenvalue weighted by Gasteiger charge is 2.35. The van der Waals surface area contributed by atoms with Gasteiger partial charge in [-0.25, -0.2) is 0 Å². The Morgan fingerprint density at radius 3 is 2.29 bits per heavy atom. The molecule has 0 bridgehead atoms. The Labute approximate surface area is 163 Å². The quantitative estimate of drug-likeness (QED) is 0.668. The molecule has 0 unspecified atom stereocenters. The normalized spacial score (nSPS) is 12.8. The van der Waals surface area contributed by atoms with E-state index in [0.29, 0.717) is 27.4 Å². The van der Waals surface area contributed by atoms with Crippen LogP contribution in [0.3, 0.4) is 0 Å². The van der Waals surface area contributed by atoms with Crippen LogP contribution in [0.4, 0.5) is 5.13 Å². The number of imide groups is 1. The van der Waals surface area contributed by atoms with E-state index in [1.165, 1.54) is 0 Å². The number of methoxy groups -OCH3 is 1. The minimum Gasteiger partial charge on any atom is -0.497 e. The highest BCUT2D eigenvalue weighted by atomic mass is 32.1. The third-order valence-electron chi connectivity index (χ3n) is 4.21. The number of hydrogen-bond donors (Lipinski definition) is 1. The fraction of sp³-hybridized carbons (Fsp3) is 0.105. The summed E-state index contributed by atoms with van der Waals surface area (Å²) in [7, 11) is 1.55. The van der Waals surface area contributed by atoms with E-state index >= 15 is 0 Å². The number of nitrogens with one attached hydrogen (secondary N) is 1. The van der Waals surface area contributed by atoms with Crippen molar-refractivity contribution >= 4 is 34.2 Å². The molecule has 1 aliphatic rings. The highest BCUT2D eigenvalue weighted by Crippen LogP contribution is 2.26. The molecular weight excluding hydrogens is 380 g/mol. The Hall–Kier alpha value is -3.59. The van der Waals surface area contributed by atoms with Gasteiger partial charge in [0.2, 0.25) is 5.13 Å². The van der Waals surface area contributed by atoms with E-state index in [4.69, 9.17) is 4.74 Å². The van der Waals surface area contributed by atoms with E-state index in [9.17, 15) is 14.4 Å². The van der Waals surface area contributed by atoms with Gasteiger partial charge in [0.25, 0.3) is 17.7 Å². The predicted molar refractivity (Wildman–Crippen MR) is 102 cm³/mol. The van der Waals surface area contributed by atoms with Crippen molar-refractivity contribution in [1.29, 1.82) is 0 Å². The van der Waals surface area contributed by atoms with E-state index < -0.39 is 0 Å². The minimum atomic E-state index is -0.361. The van der Waals surface area contributed by atoms with E-state index in [1.54, 1.807) is 55.6 Å². The maximum Gasteiger partial charge on any atom is 0.261 e. The van der Waals surface area contributed by atoms with E-state index in [0.717, 1.165) is 16.2 Å². The molecule has 0 aliphatic carbocycles. The molecule has 28 heavy (non-hydrogen) atoms. The topological polar surface area (TPSA) is 101 Å². The van der Waals surface area contributed by atoms with Crippen molar-refractivity contribution in [2.45, 2.75) is 6.54 Å². The monoisotopic (exact) mass is 394 g/mol. The number of nitrogens with zero attached hydrogens (tertiary/aromatic N) is 3. The molecule has 4 rings (SSSR count). The fourth-order valence-electron chi connectivity index (χ4n) is 2.80. The van der Waals surface area contributed by atoms with E-state index in [-0.39, 0.29) is 29.4 Å². The van der Waals surface area contributed by atoms with Crippen molar-refractivity contribution in [3.05, 3.63) is 70.2 Å². The Bertz CT molecular complexity index is 1040. The summed E-state index contributed by atoms with van der Waals surface area (Å²) in [5.41, 5.74) is 1.20. The van der Waals surface area contributed by atoms with Crippen molar-refractivity contribution in [3.8, 4) is 5.75 Å². The van der Waals surface area contributed by atoms with E-state index in [2.05, 4.69) is 15.5 Å². The molecule has 8 nitrogen and oxygen atoms in total. The molecule has 1 aromatic heterocycles. The molecular formula is C19H14N4O4S. The van der Waals surface area contributed by atoms with Gasteiger partial charge in [-0.3, -0.25) is 24.6 Å². The zero-order chi connectivity index (χ0) is 19.7. The van der Waals surface area contributed by atoms with Gasteiger partial charge in [0.05, 0.1) is 24.8 Å². The number of carbonyl (C=O) groups excluding carboxylic acids is 3. The van der Waals surface area contributed by atoms with Crippen molar-refractivity contribution in [2.75, 3.05) is 12.4 Å². The van der Waals surface area contributed by atoms with Crippen LogP contribution in [0, 0.1) is 0 Å². The lowest BCUT2D eigenvalue weighted by Gasteiger charge is -2.10. The molecule has 1 N–H and O–H groups in total. The first-order valence-electron chi connectivity index (χ1n) is 8.30. The first kappa shape index (κ1) is 17.8. The van der Waals surface area contributed by atoms with Gasteiger partial charge >= 0.3 is 0 Å². The average Bonchev–Trinajstić information content (AvgIpc) is 3.26. The molecule has 1 aliphatic heterocycles. The fourth-order valence-corrected chi connectivity index (χ4v) is 3.52. The molecule has 0 fully saturated rings. The van der Waals surface area contributed by atoms with Crippen LogP contribution in [0.1, 0.15) is 36.1 Å². The predicted octanol–water partition coefficient (Wildman–Crippen LogP) is 2.60. The summed E-state index contributed by atoms with van der Waals surface area (Å²) >= 11 is 1.11. The largest absolute Gasteiger partial charge is 0.497 e. The maximum atomic E-state index is 12.4. The first-order chi connectivity index (χ1) is 13.6. The summed E-state index contributed by atoms with van der Waals surface area (Å²) in [5, 5.41) is 11.3. The third-order valence-corrected chi connectivity index (χ3v) is 5.03. The minimum absolute atomic E-state index is 0.00240. The van der Waals surface area contributed by atoms with E-state index in [1.807, 2.05) is 0 Å². The Morgan fingerprint density at radius 2 is 1.68 bits per heavy atom. The molecule has 3 aromatic rings. The molecule has 0 saturated heterocycles. The van der Waals surface area contributed by atoms with Gasteiger partial charge in [0.15, 0.2) is 0 Å². The standard InChI is InChI=1S/C19H14N4O4S/c1-27-12-8-6-11(7-9-12)16(24)20-19-22-21-15(28-19)10-23-17(25)13-4-2-3-5-14(13)18(23)26/h2-9H,10H2,1H3,(H,20,22,24). The summed E-state index contributed by atoms with van der Waals surface area (Å²) in [6.07, 6.45) is 0. The summed E-state index contributed by atoms with van der Waals surface area (Å²) in [4.78, 5) is 38.2. The number of hydrogen-bond acceptors (Lipinski definition) is 7. The summed E-state index contributed by atoms with van der Waals surface area (Å²) < 4.78 is 5.06. The van der Waals surface area contributed by atoms with Crippen molar-refractivity contribution in [3.63, 3.8) is 0 Å². The van der Waals surface area contributed by atoms with Crippen LogP contribution in [-0.2, 0) is 6.54 Å². The lowest BCUT2D eigenvalue weighted by Crippen LogP contribution is -2.29. The van der Waals surface area contributed by atoms with Crippen molar-refractivity contribution < 1.29 is 19.1 Å². The first-order valence-corrected chi connectivity index (χ1v) is 9.11. The molecule has 9 heteroatoms. The number of rotatable bonds is 5. The van der Waals surface area contributed by atoms with Crippen molar-refractivity contribution in [1.82, 2.24) is 15.1 Å². The van der Waals surface area contributed by atoms with Crippen LogP contribution in [-0.4, -0.2) is 39.9 Å². The number of amides is 3. The molecule has 0 saturated carbocycles. The molecule has 0 atom stereocenters. The van der Waals surface area contributed by atoms with Crippen LogP contribution in [0.2, 0.25) is 0 Å². The highest BCUT2D eigenvalue weighted by molar-refractivity contribution is 7.15. The van der Waals surface area contributed by atoms with Gasteiger partial charge in [-0.15, -0.1) is 10.2 Å². The number of fused-ring (bicyclic) bond motifs is 1. The van der Waals surface area contributed by atoms with Crippen molar-refractivity contribution in [2.24, 2.45) is 0 Å². The molecule has 2 aromatic carbocycles. The second-order valence-corrected chi connectivity index (χ2v) is 6.99. The lowest BCUT2D eigenvalue weighted by molar-refractivity contribution is 0.0641. The molecule has 3 amide bonds. The van der Waals surface area contributed by atoms with Gasteiger partial charge in [-0.05, 0) is 36.4 Å². The number of aromatic nitrogens is 2. The van der Waals surface area contributed by atoms with Gasteiger partial charge < -0.3 is 4.74 Å². The van der Waals surface area contributed by atoms with Crippen LogP contribution < -0.4 is 10.1 Å². The average molecular weight is 394 g/mol. The molecule has 0 radical (unpaired) electrons.